The summed E-state index contributed by atoms with van der Waals surface area (Å²) >= 11 is 0. The number of hydrogen-bond donors (Lipinski definition) is 2. The zero-order valence-corrected chi connectivity index (χ0v) is 17.0. The second-order valence-electron chi connectivity index (χ2n) is 7.98. The number of fused-ring (bicyclic) bond motifs is 1. The van der Waals surface area contributed by atoms with Crippen molar-refractivity contribution in [1.29, 1.82) is 0 Å². The number of rotatable bonds is 11. The Bertz CT molecular complexity index is 803. The van der Waals surface area contributed by atoms with Crippen LogP contribution in [0.1, 0.15) is 74.0 Å². The lowest BCUT2D eigenvalue weighted by Gasteiger charge is -2.22. The summed E-state index contributed by atoms with van der Waals surface area (Å²) in [5, 5.41) is 11.9. The molecular weight excluding hydrogens is 362 g/mol. The molecule has 1 amide bonds. The van der Waals surface area contributed by atoms with Gasteiger partial charge in [-0.15, -0.1) is 0 Å². The van der Waals surface area contributed by atoms with Gasteiger partial charge in [-0.3, -0.25) is 9.59 Å². The van der Waals surface area contributed by atoms with Crippen molar-refractivity contribution in [1.82, 2.24) is 5.32 Å². The van der Waals surface area contributed by atoms with Gasteiger partial charge in [-0.05, 0) is 36.0 Å². The van der Waals surface area contributed by atoms with Gasteiger partial charge < -0.3 is 10.4 Å². The molecule has 3 rings (SSSR count). The van der Waals surface area contributed by atoms with Gasteiger partial charge in [0.25, 0.3) is 0 Å². The highest BCUT2D eigenvalue weighted by molar-refractivity contribution is 5.76. The Hall–Kier alpha value is -2.62. The first kappa shape index (κ1) is 21.1. The zero-order chi connectivity index (χ0) is 20.5. The highest BCUT2D eigenvalue weighted by atomic mass is 16.4. The normalized spacial score (nSPS) is 17.7. The largest absolute Gasteiger partial charge is 0.481 e. The number of carbonyl (C=O) groups is 2. The Morgan fingerprint density at radius 2 is 1.45 bits per heavy atom. The highest BCUT2D eigenvalue weighted by Gasteiger charge is 2.34. The number of amides is 1. The summed E-state index contributed by atoms with van der Waals surface area (Å²) in [7, 11) is 0. The van der Waals surface area contributed by atoms with Crippen molar-refractivity contribution in [2.24, 2.45) is 0 Å². The van der Waals surface area contributed by atoms with Crippen LogP contribution in [0.4, 0.5) is 0 Å². The number of hydrogen-bond acceptors (Lipinski definition) is 2. The second-order valence-corrected chi connectivity index (χ2v) is 7.98. The molecule has 2 aromatic rings. The molecule has 1 aliphatic carbocycles. The van der Waals surface area contributed by atoms with E-state index in [1.165, 1.54) is 16.7 Å². The summed E-state index contributed by atoms with van der Waals surface area (Å²) in [6.07, 6.45) is 7.42. The van der Waals surface area contributed by atoms with Crippen molar-refractivity contribution in [3.63, 3.8) is 0 Å². The van der Waals surface area contributed by atoms with Crippen LogP contribution >= 0.6 is 0 Å². The lowest BCUT2D eigenvalue weighted by Crippen LogP contribution is -2.38. The average molecular weight is 394 g/mol. The maximum absolute atomic E-state index is 12.6. The summed E-state index contributed by atoms with van der Waals surface area (Å²) in [6, 6.07) is 19.1. The standard InChI is InChI=1S/C25H31NO3/c27-23(16-8-3-1-2-4-9-17-24(28)29)26-22-18-20-14-10-11-15-21(20)25(22)19-12-6-5-7-13-19/h5-7,10-15,22,25H,1-4,8-9,16-18H2,(H,26,27)(H,28,29). The first-order chi connectivity index (χ1) is 14.1. The van der Waals surface area contributed by atoms with Crippen LogP contribution < -0.4 is 5.32 Å². The molecule has 0 heterocycles. The van der Waals surface area contributed by atoms with E-state index >= 15 is 0 Å². The number of nitrogens with one attached hydrogen (secondary N) is 1. The number of unbranched alkanes of at least 4 members (excludes halogenated alkanes) is 5. The third-order valence-electron chi connectivity index (χ3n) is 5.78. The maximum atomic E-state index is 12.6. The predicted molar refractivity (Wildman–Crippen MR) is 115 cm³/mol. The van der Waals surface area contributed by atoms with E-state index in [0.717, 1.165) is 44.9 Å². The van der Waals surface area contributed by atoms with Gasteiger partial charge >= 0.3 is 5.97 Å². The van der Waals surface area contributed by atoms with Crippen LogP contribution in [0.5, 0.6) is 0 Å². The molecule has 2 atom stereocenters. The highest BCUT2D eigenvalue weighted by Crippen LogP contribution is 2.38. The Kier molecular flexibility index (Phi) is 7.85. The van der Waals surface area contributed by atoms with Gasteiger partial charge in [0, 0.05) is 24.8 Å². The molecule has 0 bridgehead atoms. The fourth-order valence-electron chi connectivity index (χ4n) is 4.35. The number of carboxylic acid groups (broad SMARTS) is 1. The minimum absolute atomic E-state index is 0.110. The van der Waals surface area contributed by atoms with E-state index in [1.54, 1.807) is 0 Å². The molecule has 2 unspecified atom stereocenters. The minimum atomic E-state index is -0.718. The van der Waals surface area contributed by atoms with E-state index in [9.17, 15) is 9.59 Å². The van der Waals surface area contributed by atoms with Crippen LogP contribution in [0.25, 0.3) is 0 Å². The number of benzene rings is 2. The topological polar surface area (TPSA) is 66.4 Å². The third-order valence-corrected chi connectivity index (χ3v) is 5.78. The van der Waals surface area contributed by atoms with Gasteiger partial charge in [-0.1, -0.05) is 80.3 Å². The Balaban J connectivity index is 1.45. The molecule has 0 saturated heterocycles. The fraction of sp³-hybridized carbons (Fsp3) is 0.440. The van der Waals surface area contributed by atoms with E-state index in [-0.39, 0.29) is 24.3 Å². The van der Waals surface area contributed by atoms with Gasteiger partial charge in [0.1, 0.15) is 0 Å². The van der Waals surface area contributed by atoms with Crippen molar-refractivity contribution in [2.75, 3.05) is 0 Å². The van der Waals surface area contributed by atoms with Crippen LogP contribution in [0.15, 0.2) is 54.6 Å². The Labute approximate surface area is 173 Å². The Morgan fingerprint density at radius 3 is 2.17 bits per heavy atom. The molecule has 0 spiro atoms. The maximum Gasteiger partial charge on any atom is 0.303 e. The molecule has 2 N–H and O–H groups in total. The van der Waals surface area contributed by atoms with Crippen LogP contribution in [0, 0.1) is 0 Å². The SMILES string of the molecule is O=C(O)CCCCCCCCC(=O)NC1Cc2ccccc2C1c1ccccc1. The zero-order valence-electron chi connectivity index (χ0n) is 17.0. The molecule has 2 aromatic carbocycles. The van der Waals surface area contributed by atoms with Crippen LogP contribution in [-0.2, 0) is 16.0 Å². The first-order valence-electron chi connectivity index (χ1n) is 10.8. The van der Waals surface area contributed by atoms with E-state index in [2.05, 4.69) is 53.8 Å². The molecule has 1 aliphatic rings. The van der Waals surface area contributed by atoms with Gasteiger partial charge in [-0.25, -0.2) is 0 Å². The summed E-state index contributed by atoms with van der Waals surface area (Å²) in [6.45, 7) is 0. The number of carbonyl (C=O) groups excluding carboxylic acids is 1. The molecule has 0 aromatic heterocycles. The van der Waals surface area contributed by atoms with Crippen LogP contribution in [0.2, 0.25) is 0 Å². The van der Waals surface area contributed by atoms with Crippen molar-refractivity contribution in [2.45, 2.75) is 69.7 Å². The van der Waals surface area contributed by atoms with Crippen molar-refractivity contribution in [3.05, 3.63) is 71.3 Å². The van der Waals surface area contributed by atoms with Gasteiger partial charge in [0.15, 0.2) is 0 Å². The van der Waals surface area contributed by atoms with Crippen molar-refractivity contribution in [3.8, 4) is 0 Å². The fourth-order valence-corrected chi connectivity index (χ4v) is 4.35. The second kappa shape index (κ2) is 10.8. The lowest BCUT2D eigenvalue weighted by molar-refractivity contribution is -0.137. The summed E-state index contributed by atoms with van der Waals surface area (Å²) in [5.74, 6) is -0.371. The average Bonchev–Trinajstić information content (AvgIpc) is 3.08. The van der Waals surface area contributed by atoms with Crippen LogP contribution in [-0.4, -0.2) is 23.0 Å². The summed E-state index contributed by atoms with van der Waals surface area (Å²) < 4.78 is 0. The van der Waals surface area contributed by atoms with Crippen molar-refractivity contribution >= 4 is 11.9 Å². The van der Waals surface area contributed by atoms with Gasteiger partial charge in [-0.2, -0.15) is 0 Å². The van der Waals surface area contributed by atoms with E-state index in [0.29, 0.717) is 6.42 Å². The molecule has 29 heavy (non-hydrogen) atoms. The number of carboxylic acids is 1. The van der Waals surface area contributed by atoms with E-state index in [1.807, 2.05) is 6.07 Å². The van der Waals surface area contributed by atoms with E-state index < -0.39 is 5.97 Å². The monoisotopic (exact) mass is 393 g/mol. The van der Waals surface area contributed by atoms with Crippen molar-refractivity contribution < 1.29 is 14.7 Å². The molecule has 0 fully saturated rings. The minimum Gasteiger partial charge on any atom is -0.481 e. The summed E-state index contributed by atoms with van der Waals surface area (Å²) in [4.78, 5) is 23.1. The first-order valence-corrected chi connectivity index (χ1v) is 10.8. The lowest BCUT2D eigenvalue weighted by atomic mass is 9.90. The quantitative estimate of drug-likeness (QED) is 0.524. The summed E-state index contributed by atoms with van der Waals surface area (Å²) in [5.41, 5.74) is 3.91. The van der Waals surface area contributed by atoms with Gasteiger partial charge in [0.2, 0.25) is 5.91 Å². The smallest absolute Gasteiger partial charge is 0.303 e. The molecule has 0 radical (unpaired) electrons. The number of aliphatic carboxylic acids is 1. The molecule has 0 saturated carbocycles. The van der Waals surface area contributed by atoms with Crippen LogP contribution in [0.3, 0.4) is 0 Å². The predicted octanol–water partition coefficient (Wildman–Crippen LogP) is 5.06. The molecule has 0 aliphatic heterocycles. The molecule has 4 heteroatoms. The molecule has 154 valence electrons. The molecule has 4 nitrogen and oxygen atoms in total. The van der Waals surface area contributed by atoms with Gasteiger partial charge in [0.05, 0.1) is 0 Å². The van der Waals surface area contributed by atoms with E-state index in [4.69, 9.17) is 5.11 Å². The third kappa shape index (κ3) is 6.18. The molecular formula is C25H31NO3. The Morgan fingerprint density at radius 1 is 0.828 bits per heavy atom.